The summed E-state index contributed by atoms with van der Waals surface area (Å²) in [6.45, 7) is 8.62. The van der Waals surface area contributed by atoms with Crippen molar-refractivity contribution in [3.63, 3.8) is 0 Å². The fourth-order valence-electron chi connectivity index (χ4n) is 4.81. The number of thioether (sulfide) groups is 1. The number of benzene rings is 3. The lowest BCUT2D eigenvalue weighted by Crippen LogP contribution is -2.27. The Morgan fingerprint density at radius 1 is 0.853 bits per heavy atom. The van der Waals surface area contributed by atoms with Gasteiger partial charge < -0.3 is 4.57 Å². The molecule has 2 amide bonds. The maximum atomic E-state index is 13.3. The van der Waals surface area contributed by atoms with Crippen LogP contribution in [0.3, 0.4) is 0 Å². The number of aryl methyl sites for hydroxylation is 3. The fraction of sp³-hybridized carbons (Fsp3) is 0.172. The molecule has 0 N–H and O–H groups in total. The average molecular weight is 467 g/mol. The Morgan fingerprint density at radius 3 is 2.29 bits per heavy atom. The first-order valence-corrected chi connectivity index (χ1v) is 12.1. The van der Waals surface area contributed by atoms with Gasteiger partial charge in [0.1, 0.15) is 0 Å². The van der Waals surface area contributed by atoms with Gasteiger partial charge in [-0.15, -0.1) is 0 Å². The summed E-state index contributed by atoms with van der Waals surface area (Å²) >= 11 is 1.02. The third kappa shape index (κ3) is 3.76. The van der Waals surface area contributed by atoms with Crippen LogP contribution in [0.15, 0.2) is 71.6 Å². The smallest absolute Gasteiger partial charge is 0.293 e. The number of fused-ring (bicyclic) bond motifs is 1. The van der Waals surface area contributed by atoms with Crippen molar-refractivity contribution < 1.29 is 9.59 Å². The zero-order chi connectivity index (χ0) is 24.0. The highest BCUT2D eigenvalue weighted by molar-refractivity contribution is 8.18. The Hall–Kier alpha value is -3.57. The monoisotopic (exact) mass is 466 g/mol. The lowest BCUT2D eigenvalue weighted by molar-refractivity contribution is -0.123. The van der Waals surface area contributed by atoms with Crippen LogP contribution >= 0.6 is 11.8 Å². The van der Waals surface area contributed by atoms with E-state index in [1.54, 1.807) is 0 Å². The van der Waals surface area contributed by atoms with E-state index in [0.717, 1.165) is 45.0 Å². The molecule has 4 nitrogen and oxygen atoms in total. The summed E-state index contributed by atoms with van der Waals surface area (Å²) in [6.07, 6.45) is 1.86. The lowest BCUT2D eigenvalue weighted by Gasteiger charge is -2.15. The minimum atomic E-state index is -0.236. The number of amides is 2. The van der Waals surface area contributed by atoms with Crippen molar-refractivity contribution >= 4 is 39.8 Å². The molecule has 0 bridgehead atoms. The zero-order valence-electron chi connectivity index (χ0n) is 19.8. The SMILES string of the molecule is Cc1cccc(C)c1-n1c(C)cc(/C=C2/SC(=O)N(Cc3cccc4ccccc34)C2=O)c1C. The van der Waals surface area contributed by atoms with Gasteiger partial charge in [-0.25, -0.2) is 0 Å². The quantitative estimate of drug-likeness (QED) is 0.301. The maximum Gasteiger partial charge on any atom is 0.293 e. The Bertz CT molecular complexity index is 1470. The highest BCUT2D eigenvalue weighted by Gasteiger charge is 2.35. The molecule has 1 saturated heterocycles. The molecule has 2 heterocycles. The van der Waals surface area contributed by atoms with Crippen LogP contribution in [0.25, 0.3) is 22.5 Å². The van der Waals surface area contributed by atoms with Crippen molar-refractivity contribution in [3.8, 4) is 5.69 Å². The molecule has 0 spiro atoms. The standard InChI is InChI=1S/C29H26N2O2S/c1-18-9-7-10-19(2)27(18)31-20(3)15-24(21(31)4)16-26-28(32)30(29(33)34-26)17-23-13-8-12-22-11-5-6-14-25(22)23/h5-16H,17H2,1-4H3/b26-16+. The van der Waals surface area contributed by atoms with Crippen molar-refractivity contribution in [1.29, 1.82) is 0 Å². The first-order chi connectivity index (χ1) is 16.3. The van der Waals surface area contributed by atoms with Gasteiger partial charge in [0.2, 0.25) is 0 Å². The first-order valence-electron chi connectivity index (χ1n) is 11.3. The Kier molecular flexibility index (Phi) is 5.66. The topological polar surface area (TPSA) is 42.3 Å². The molecule has 4 aromatic rings. The predicted octanol–water partition coefficient (Wildman–Crippen LogP) is 7.10. The van der Waals surface area contributed by atoms with Gasteiger partial charge in [0.05, 0.1) is 17.1 Å². The molecule has 1 fully saturated rings. The molecule has 34 heavy (non-hydrogen) atoms. The molecule has 0 unspecified atom stereocenters. The van der Waals surface area contributed by atoms with Gasteiger partial charge in [-0.3, -0.25) is 14.5 Å². The first kappa shape index (κ1) is 22.2. The maximum absolute atomic E-state index is 13.3. The second-order valence-electron chi connectivity index (χ2n) is 8.81. The van der Waals surface area contributed by atoms with Crippen molar-refractivity contribution in [3.05, 3.63) is 105 Å². The molecule has 0 radical (unpaired) electrons. The highest BCUT2D eigenvalue weighted by atomic mass is 32.2. The molecule has 5 heteroatoms. The number of carbonyl (C=O) groups excluding carboxylic acids is 2. The summed E-state index contributed by atoms with van der Waals surface area (Å²) < 4.78 is 2.23. The summed E-state index contributed by atoms with van der Waals surface area (Å²) in [5, 5.41) is 1.93. The predicted molar refractivity (Wildman–Crippen MR) is 140 cm³/mol. The van der Waals surface area contributed by atoms with E-state index in [-0.39, 0.29) is 17.7 Å². The van der Waals surface area contributed by atoms with Crippen molar-refractivity contribution in [1.82, 2.24) is 9.47 Å². The van der Waals surface area contributed by atoms with Gasteiger partial charge in [-0.1, -0.05) is 60.7 Å². The average Bonchev–Trinajstić information content (AvgIpc) is 3.23. The molecule has 1 aliphatic rings. The molecule has 0 saturated carbocycles. The van der Waals surface area contributed by atoms with Crippen molar-refractivity contribution in [2.75, 3.05) is 0 Å². The van der Waals surface area contributed by atoms with Gasteiger partial charge >= 0.3 is 0 Å². The van der Waals surface area contributed by atoms with E-state index < -0.39 is 0 Å². The summed E-state index contributed by atoms with van der Waals surface area (Å²) in [7, 11) is 0. The van der Waals surface area contributed by atoms with Crippen LogP contribution in [-0.2, 0) is 11.3 Å². The minimum Gasteiger partial charge on any atom is -0.317 e. The van der Waals surface area contributed by atoms with Gasteiger partial charge in [0.15, 0.2) is 0 Å². The number of rotatable bonds is 4. The largest absolute Gasteiger partial charge is 0.317 e. The van der Waals surface area contributed by atoms with E-state index in [2.05, 4.69) is 56.5 Å². The van der Waals surface area contributed by atoms with Gasteiger partial charge in [-0.05, 0) is 84.6 Å². The van der Waals surface area contributed by atoms with E-state index in [0.29, 0.717) is 4.91 Å². The van der Waals surface area contributed by atoms with Gasteiger partial charge in [0, 0.05) is 11.4 Å². The number of aromatic nitrogens is 1. The number of nitrogens with zero attached hydrogens (tertiary/aromatic N) is 2. The van der Waals surface area contributed by atoms with Crippen molar-refractivity contribution in [2.45, 2.75) is 34.2 Å². The van der Waals surface area contributed by atoms with E-state index in [1.807, 2.05) is 48.5 Å². The molecule has 170 valence electrons. The number of carbonyl (C=O) groups is 2. The molecule has 1 aliphatic heterocycles. The molecule has 0 aliphatic carbocycles. The van der Waals surface area contributed by atoms with E-state index in [4.69, 9.17) is 0 Å². The molecule has 1 aromatic heterocycles. The third-order valence-corrected chi connectivity index (χ3v) is 7.41. The number of hydrogen-bond donors (Lipinski definition) is 0. The molecule has 3 aromatic carbocycles. The number of hydrogen-bond acceptors (Lipinski definition) is 3. The Morgan fingerprint density at radius 2 is 1.53 bits per heavy atom. The molecular formula is C29H26N2O2S. The highest BCUT2D eigenvalue weighted by Crippen LogP contribution is 2.36. The normalized spacial score (nSPS) is 15.2. The van der Waals surface area contributed by atoms with Crippen LogP contribution in [0.5, 0.6) is 0 Å². The summed E-state index contributed by atoms with van der Waals surface area (Å²) in [6, 6.07) is 22.4. The summed E-state index contributed by atoms with van der Waals surface area (Å²) in [5.41, 5.74) is 7.63. The fourth-order valence-corrected chi connectivity index (χ4v) is 5.64. The lowest BCUT2D eigenvalue weighted by atomic mass is 10.0. The number of imide groups is 1. The third-order valence-electron chi connectivity index (χ3n) is 6.50. The molecular weight excluding hydrogens is 440 g/mol. The second kappa shape index (κ2) is 8.65. The Balaban J connectivity index is 1.48. The minimum absolute atomic E-state index is 0.229. The van der Waals surface area contributed by atoms with Gasteiger partial charge in [0.25, 0.3) is 11.1 Å². The van der Waals surface area contributed by atoms with Gasteiger partial charge in [-0.2, -0.15) is 0 Å². The van der Waals surface area contributed by atoms with Crippen LogP contribution in [0, 0.1) is 27.7 Å². The second-order valence-corrected chi connectivity index (χ2v) is 9.80. The van der Waals surface area contributed by atoms with E-state index >= 15 is 0 Å². The van der Waals surface area contributed by atoms with Crippen LogP contribution in [0.1, 0.15) is 33.6 Å². The molecule has 0 atom stereocenters. The van der Waals surface area contributed by atoms with Crippen LogP contribution < -0.4 is 0 Å². The van der Waals surface area contributed by atoms with E-state index in [9.17, 15) is 9.59 Å². The number of para-hydroxylation sites is 1. The zero-order valence-corrected chi connectivity index (χ0v) is 20.6. The van der Waals surface area contributed by atoms with Crippen molar-refractivity contribution in [2.24, 2.45) is 0 Å². The molecule has 5 rings (SSSR count). The van der Waals surface area contributed by atoms with E-state index in [1.165, 1.54) is 21.7 Å². The van der Waals surface area contributed by atoms with Crippen LogP contribution in [0.2, 0.25) is 0 Å². The van der Waals surface area contributed by atoms with Crippen LogP contribution in [0.4, 0.5) is 4.79 Å². The summed E-state index contributed by atoms with van der Waals surface area (Å²) in [4.78, 5) is 27.9. The Labute approximate surface area is 203 Å². The summed E-state index contributed by atoms with van der Waals surface area (Å²) in [5.74, 6) is -0.236. The van der Waals surface area contributed by atoms with Crippen LogP contribution in [-0.4, -0.2) is 20.6 Å².